The molecule has 0 bridgehead atoms. The molecule has 1 fully saturated rings. The SMILES string of the molecule is Cc1ccc([C@@H]2CC(CCN(C)C)NC[C@H]2NC(=O)c2cc(-c3c(C)cnn3C)c(Cl)o2)cc1Cl. The van der Waals surface area contributed by atoms with Gasteiger partial charge in [-0.25, -0.2) is 0 Å². The largest absolute Gasteiger partial charge is 0.439 e. The molecule has 0 radical (unpaired) electrons. The predicted molar refractivity (Wildman–Crippen MR) is 140 cm³/mol. The fourth-order valence-corrected chi connectivity index (χ4v) is 5.22. The monoisotopic (exact) mass is 517 g/mol. The average molecular weight is 518 g/mol. The first-order valence-corrected chi connectivity index (χ1v) is 12.6. The highest BCUT2D eigenvalue weighted by molar-refractivity contribution is 6.32. The van der Waals surface area contributed by atoms with Crippen LogP contribution in [0.1, 0.15) is 46.0 Å². The Hall–Kier alpha value is -2.32. The Morgan fingerprint density at radius 2 is 2.03 bits per heavy atom. The third-order valence-electron chi connectivity index (χ3n) is 6.80. The quantitative estimate of drug-likeness (QED) is 0.470. The molecule has 9 heteroatoms. The average Bonchev–Trinajstić information content (AvgIpc) is 3.35. The number of benzene rings is 1. The molecule has 1 amide bonds. The van der Waals surface area contributed by atoms with Gasteiger partial charge in [0.15, 0.2) is 5.76 Å². The minimum atomic E-state index is -0.292. The zero-order valence-electron chi connectivity index (χ0n) is 20.9. The van der Waals surface area contributed by atoms with Crippen molar-refractivity contribution in [3.8, 4) is 11.3 Å². The first kappa shape index (κ1) is 25.8. The number of carbonyl (C=O) groups is 1. The maximum absolute atomic E-state index is 13.3. The lowest BCUT2D eigenvalue weighted by atomic mass is 9.81. The van der Waals surface area contributed by atoms with Crippen LogP contribution in [0.2, 0.25) is 10.2 Å². The van der Waals surface area contributed by atoms with Crippen molar-refractivity contribution in [2.45, 2.75) is 44.7 Å². The summed E-state index contributed by atoms with van der Waals surface area (Å²) in [5.41, 5.74) is 4.61. The van der Waals surface area contributed by atoms with Gasteiger partial charge in [0.2, 0.25) is 5.22 Å². The van der Waals surface area contributed by atoms with Crippen LogP contribution >= 0.6 is 23.2 Å². The molecule has 4 rings (SSSR count). The maximum atomic E-state index is 13.3. The molecule has 35 heavy (non-hydrogen) atoms. The van der Waals surface area contributed by atoms with E-state index in [2.05, 4.69) is 40.8 Å². The van der Waals surface area contributed by atoms with Crippen LogP contribution in [0.15, 0.2) is 34.9 Å². The molecule has 1 aromatic carbocycles. The first-order chi connectivity index (χ1) is 16.6. The normalized spacial score (nSPS) is 20.4. The second-order valence-corrected chi connectivity index (χ2v) is 10.5. The van der Waals surface area contributed by atoms with Crippen LogP contribution in [0.25, 0.3) is 11.3 Å². The van der Waals surface area contributed by atoms with Gasteiger partial charge in [0, 0.05) is 42.7 Å². The minimum absolute atomic E-state index is 0.120. The van der Waals surface area contributed by atoms with E-state index in [9.17, 15) is 4.79 Å². The summed E-state index contributed by atoms with van der Waals surface area (Å²) < 4.78 is 7.40. The van der Waals surface area contributed by atoms with Crippen molar-refractivity contribution in [3.63, 3.8) is 0 Å². The Bertz CT molecular complexity index is 1180. The Balaban J connectivity index is 1.56. The van der Waals surface area contributed by atoms with Crippen LogP contribution in [0.4, 0.5) is 0 Å². The van der Waals surface area contributed by atoms with Crippen LogP contribution in [0.3, 0.4) is 0 Å². The molecule has 7 nitrogen and oxygen atoms in total. The molecule has 2 N–H and O–H groups in total. The van der Waals surface area contributed by atoms with Gasteiger partial charge in [0.25, 0.3) is 5.91 Å². The first-order valence-electron chi connectivity index (χ1n) is 11.9. The van der Waals surface area contributed by atoms with Gasteiger partial charge in [-0.1, -0.05) is 23.7 Å². The van der Waals surface area contributed by atoms with Gasteiger partial charge < -0.3 is 20.0 Å². The lowest BCUT2D eigenvalue weighted by Gasteiger charge is -2.38. The Morgan fingerprint density at radius 3 is 2.69 bits per heavy atom. The number of hydrogen-bond acceptors (Lipinski definition) is 5. The fraction of sp³-hybridized carbons (Fsp3) is 0.462. The number of nitrogens with zero attached hydrogens (tertiary/aromatic N) is 3. The summed E-state index contributed by atoms with van der Waals surface area (Å²) in [7, 11) is 6.00. The molecule has 0 aliphatic carbocycles. The van der Waals surface area contributed by atoms with E-state index in [1.165, 1.54) is 0 Å². The molecule has 1 aliphatic heterocycles. The second-order valence-electron chi connectivity index (χ2n) is 9.73. The molecule has 1 unspecified atom stereocenters. The van der Waals surface area contributed by atoms with E-state index in [1.54, 1.807) is 16.9 Å². The summed E-state index contributed by atoms with van der Waals surface area (Å²) in [5, 5.41) is 12.0. The molecule has 3 heterocycles. The van der Waals surface area contributed by atoms with Gasteiger partial charge in [-0.3, -0.25) is 9.48 Å². The number of hydrogen-bond donors (Lipinski definition) is 2. The van der Waals surface area contributed by atoms with Gasteiger partial charge in [-0.2, -0.15) is 5.10 Å². The van der Waals surface area contributed by atoms with E-state index in [0.717, 1.165) is 46.8 Å². The van der Waals surface area contributed by atoms with Crippen molar-refractivity contribution in [2.24, 2.45) is 7.05 Å². The number of rotatable bonds is 7. The summed E-state index contributed by atoms with van der Waals surface area (Å²) in [6.45, 7) is 5.60. The van der Waals surface area contributed by atoms with Crippen LogP contribution < -0.4 is 10.6 Å². The van der Waals surface area contributed by atoms with Crippen molar-refractivity contribution in [2.75, 3.05) is 27.2 Å². The van der Waals surface area contributed by atoms with Gasteiger partial charge in [-0.15, -0.1) is 0 Å². The van der Waals surface area contributed by atoms with Gasteiger partial charge in [0.05, 0.1) is 17.5 Å². The molecule has 1 aliphatic rings. The third kappa shape index (κ3) is 5.75. The lowest BCUT2D eigenvalue weighted by Crippen LogP contribution is -2.54. The highest BCUT2D eigenvalue weighted by Crippen LogP contribution is 2.34. The Labute approximate surface area is 216 Å². The smallest absolute Gasteiger partial charge is 0.287 e. The highest BCUT2D eigenvalue weighted by atomic mass is 35.5. The molecule has 3 aromatic rings. The highest BCUT2D eigenvalue weighted by Gasteiger charge is 2.33. The molecule has 1 saturated heterocycles. The van der Waals surface area contributed by atoms with Crippen molar-refractivity contribution in [3.05, 3.63) is 63.2 Å². The zero-order valence-corrected chi connectivity index (χ0v) is 22.4. The molecular formula is C26H33Cl2N5O2. The topological polar surface area (TPSA) is 75.3 Å². The number of furan rings is 1. The minimum Gasteiger partial charge on any atom is -0.439 e. The van der Waals surface area contributed by atoms with E-state index in [0.29, 0.717) is 18.2 Å². The van der Waals surface area contributed by atoms with Crippen molar-refractivity contribution in [1.29, 1.82) is 0 Å². The summed E-state index contributed by atoms with van der Waals surface area (Å²) >= 11 is 12.9. The number of aryl methyl sites for hydroxylation is 3. The molecule has 3 atom stereocenters. The van der Waals surface area contributed by atoms with E-state index in [1.807, 2.05) is 33.0 Å². The summed E-state index contributed by atoms with van der Waals surface area (Å²) in [5.74, 6) is 0.00965. The Kier molecular flexibility index (Phi) is 7.91. The molecular weight excluding hydrogens is 485 g/mol. The molecule has 0 spiro atoms. The number of carbonyl (C=O) groups excluding carboxylic acids is 1. The standard InChI is InChI=1S/C26H33Cl2N5O2/c1-15-6-7-17(10-21(15)27)19-11-18(8-9-32(3)4)29-14-22(19)31-26(34)23-12-20(25(28)35-23)24-16(2)13-30-33(24)5/h6-7,10,12-13,18-19,22,29H,8-9,11,14H2,1-5H3,(H,31,34)/t18?,19-,22+/m0/s1. The molecule has 188 valence electrons. The van der Waals surface area contributed by atoms with Gasteiger partial charge in [-0.05, 0) is 81.7 Å². The van der Waals surface area contributed by atoms with Crippen molar-refractivity contribution >= 4 is 29.1 Å². The maximum Gasteiger partial charge on any atom is 0.287 e. The van der Waals surface area contributed by atoms with Crippen LogP contribution in [0.5, 0.6) is 0 Å². The second kappa shape index (κ2) is 10.7. The molecule has 2 aromatic heterocycles. The van der Waals surface area contributed by atoms with E-state index >= 15 is 0 Å². The Morgan fingerprint density at radius 1 is 1.26 bits per heavy atom. The summed E-state index contributed by atoms with van der Waals surface area (Å²) in [6, 6.07) is 8.11. The van der Waals surface area contributed by atoms with E-state index < -0.39 is 0 Å². The van der Waals surface area contributed by atoms with E-state index in [-0.39, 0.29) is 28.8 Å². The van der Waals surface area contributed by atoms with Crippen LogP contribution in [-0.4, -0.2) is 59.9 Å². The molecule has 0 saturated carbocycles. The summed E-state index contributed by atoms with van der Waals surface area (Å²) in [4.78, 5) is 15.5. The number of piperidine rings is 1. The third-order valence-corrected chi connectivity index (χ3v) is 7.49. The van der Waals surface area contributed by atoms with E-state index in [4.69, 9.17) is 27.6 Å². The fourth-order valence-electron chi connectivity index (χ4n) is 4.80. The van der Waals surface area contributed by atoms with Gasteiger partial charge in [0.1, 0.15) is 0 Å². The number of halogens is 2. The van der Waals surface area contributed by atoms with Crippen molar-refractivity contribution < 1.29 is 9.21 Å². The van der Waals surface area contributed by atoms with Crippen LogP contribution in [0, 0.1) is 13.8 Å². The zero-order chi connectivity index (χ0) is 25.3. The number of amides is 1. The number of nitrogens with one attached hydrogen (secondary N) is 2. The van der Waals surface area contributed by atoms with Crippen molar-refractivity contribution in [1.82, 2.24) is 25.3 Å². The lowest BCUT2D eigenvalue weighted by molar-refractivity contribution is 0.0890. The summed E-state index contributed by atoms with van der Waals surface area (Å²) in [6.07, 6.45) is 3.69. The van der Waals surface area contributed by atoms with Gasteiger partial charge >= 0.3 is 0 Å². The predicted octanol–water partition coefficient (Wildman–Crippen LogP) is 4.80. The number of aromatic nitrogens is 2. The van der Waals surface area contributed by atoms with Crippen LogP contribution in [-0.2, 0) is 7.05 Å².